The third-order valence-corrected chi connectivity index (χ3v) is 1.97. The fraction of sp³-hybridized carbons (Fsp3) is 0.444. The quantitative estimate of drug-likeness (QED) is 0.623. The summed E-state index contributed by atoms with van der Waals surface area (Å²) in [5, 5.41) is 6.44. The fourth-order valence-corrected chi connectivity index (χ4v) is 1.23. The van der Waals surface area contributed by atoms with Gasteiger partial charge in [-0.15, -0.1) is 0 Å². The summed E-state index contributed by atoms with van der Waals surface area (Å²) in [7, 11) is 0. The maximum absolute atomic E-state index is 4.86. The van der Waals surface area contributed by atoms with Gasteiger partial charge in [0.05, 0.1) is 6.20 Å². The molecule has 6 nitrogen and oxygen atoms in total. The SMILES string of the molecule is C1CNCCN1.c1ncc2ncoc2n1. The largest absolute Gasteiger partial charge is 0.425 e. The van der Waals surface area contributed by atoms with Crippen molar-refractivity contribution in [3.63, 3.8) is 0 Å². The maximum Gasteiger partial charge on any atom is 0.249 e. The van der Waals surface area contributed by atoms with Crippen LogP contribution in [0.5, 0.6) is 0 Å². The van der Waals surface area contributed by atoms with Gasteiger partial charge in [-0.3, -0.25) is 0 Å². The van der Waals surface area contributed by atoms with Crippen LogP contribution in [0.15, 0.2) is 23.3 Å². The number of piperazine rings is 1. The summed E-state index contributed by atoms with van der Waals surface area (Å²) >= 11 is 0. The first-order chi connectivity index (χ1) is 7.47. The van der Waals surface area contributed by atoms with Crippen LogP contribution in [0.3, 0.4) is 0 Å². The van der Waals surface area contributed by atoms with Crippen molar-refractivity contribution in [1.82, 2.24) is 25.6 Å². The molecular weight excluding hydrogens is 194 g/mol. The Hall–Kier alpha value is -1.53. The van der Waals surface area contributed by atoms with Crippen molar-refractivity contribution in [2.24, 2.45) is 0 Å². The number of aromatic nitrogens is 3. The van der Waals surface area contributed by atoms with E-state index in [0.29, 0.717) is 11.2 Å². The molecule has 2 aromatic rings. The van der Waals surface area contributed by atoms with E-state index in [1.807, 2.05) is 0 Å². The van der Waals surface area contributed by atoms with Gasteiger partial charge >= 0.3 is 0 Å². The van der Waals surface area contributed by atoms with Gasteiger partial charge in [0.1, 0.15) is 11.8 Å². The number of nitrogens with zero attached hydrogens (tertiary/aromatic N) is 3. The van der Waals surface area contributed by atoms with Crippen LogP contribution in [-0.4, -0.2) is 41.1 Å². The molecule has 2 aromatic heterocycles. The molecule has 1 aliphatic heterocycles. The van der Waals surface area contributed by atoms with E-state index in [0.717, 1.165) is 26.2 Å². The molecular formula is C9H13N5O. The van der Waals surface area contributed by atoms with Gasteiger partial charge in [-0.2, -0.15) is 4.98 Å². The molecule has 0 aliphatic carbocycles. The van der Waals surface area contributed by atoms with Gasteiger partial charge < -0.3 is 15.1 Å². The van der Waals surface area contributed by atoms with Gasteiger partial charge in [0.2, 0.25) is 5.71 Å². The molecule has 0 bridgehead atoms. The molecule has 1 fully saturated rings. The molecule has 0 spiro atoms. The molecule has 3 heterocycles. The highest BCUT2D eigenvalue weighted by Gasteiger charge is 1.94. The smallest absolute Gasteiger partial charge is 0.249 e. The van der Waals surface area contributed by atoms with Gasteiger partial charge in [-0.1, -0.05) is 0 Å². The summed E-state index contributed by atoms with van der Waals surface area (Å²) < 4.78 is 4.86. The second kappa shape index (κ2) is 5.38. The molecule has 0 saturated carbocycles. The first-order valence-electron chi connectivity index (χ1n) is 4.87. The van der Waals surface area contributed by atoms with Crippen molar-refractivity contribution in [3.05, 3.63) is 18.9 Å². The summed E-state index contributed by atoms with van der Waals surface area (Å²) in [6, 6.07) is 0. The van der Waals surface area contributed by atoms with E-state index in [2.05, 4.69) is 25.6 Å². The lowest BCUT2D eigenvalue weighted by atomic mass is 10.4. The molecule has 1 aliphatic rings. The Morgan fingerprint density at radius 2 is 1.80 bits per heavy atom. The second-order valence-corrected chi connectivity index (χ2v) is 3.07. The van der Waals surface area contributed by atoms with E-state index in [-0.39, 0.29) is 0 Å². The summed E-state index contributed by atoms with van der Waals surface area (Å²) in [6.07, 6.45) is 4.37. The van der Waals surface area contributed by atoms with Crippen molar-refractivity contribution in [1.29, 1.82) is 0 Å². The third-order valence-electron chi connectivity index (χ3n) is 1.97. The Labute approximate surface area is 87.1 Å². The van der Waals surface area contributed by atoms with Gasteiger partial charge in [-0.05, 0) is 0 Å². The summed E-state index contributed by atoms with van der Waals surface area (Å²) in [4.78, 5) is 11.4. The minimum absolute atomic E-state index is 0.532. The van der Waals surface area contributed by atoms with E-state index in [9.17, 15) is 0 Å². The van der Waals surface area contributed by atoms with Crippen molar-refractivity contribution in [2.45, 2.75) is 0 Å². The van der Waals surface area contributed by atoms with Crippen molar-refractivity contribution < 1.29 is 4.42 Å². The van der Waals surface area contributed by atoms with Gasteiger partial charge in [0, 0.05) is 26.2 Å². The zero-order valence-corrected chi connectivity index (χ0v) is 8.31. The Morgan fingerprint density at radius 1 is 1.07 bits per heavy atom. The van der Waals surface area contributed by atoms with E-state index in [4.69, 9.17) is 4.42 Å². The minimum atomic E-state index is 0.532. The van der Waals surface area contributed by atoms with Crippen LogP contribution in [0.1, 0.15) is 0 Å². The predicted molar refractivity (Wildman–Crippen MR) is 55.3 cm³/mol. The Morgan fingerprint density at radius 3 is 2.40 bits per heavy atom. The lowest BCUT2D eigenvalue weighted by Crippen LogP contribution is -2.39. The molecule has 80 valence electrons. The van der Waals surface area contributed by atoms with Crippen molar-refractivity contribution in [3.8, 4) is 0 Å². The molecule has 0 radical (unpaired) electrons. The summed E-state index contributed by atoms with van der Waals surface area (Å²) in [5.74, 6) is 0. The number of oxazole rings is 1. The van der Waals surface area contributed by atoms with Gasteiger partial charge in [0.15, 0.2) is 6.39 Å². The highest BCUT2D eigenvalue weighted by atomic mass is 16.3. The maximum atomic E-state index is 4.86. The standard InChI is InChI=1S/C5H3N3O.C4H10N2/c1-4-5(7-2-6-1)9-3-8-4;1-2-6-4-3-5-1/h1-3H;5-6H,1-4H2. The van der Waals surface area contributed by atoms with Crippen LogP contribution in [0, 0.1) is 0 Å². The van der Waals surface area contributed by atoms with Crippen LogP contribution in [0.25, 0.3) is 11.2 Å². The molecule has 0 unspecified atom stereocenters. The van der Waals surface area contributed by atoms with Crippen LogP contribution >= 0.6 is 0 Å². The zero-order valence-electron chi connectivity index (χ0n) is 8.31. The second-order valence-electron chi connectivity index (χ2n) is 3.07. The molecule has 1 saturated heterocycles. The normalized spacial score (nSPS) is 15.7. The lowest BCUT2D eigenvalue weighted by Gasteiger charge is -2.11. The average Bonchev–Trinajstić information content (AvgIpc) is 2.80. The number of fused-ring (bicyclic) bond motifs is 1. The lowest BCUT2D eigenvalue weighted by molar-refractivity contribution is 0.534. The summed E-state index contributed by atoms with van der Waals surface area (Å²) in [6.45, 7) is 4.56. The Bertz CT molecular complexity index is 356. The van der Waals surface area contributed by atoms with E-state index >= 15 is 0 Å². The van der Waals surface area contributed by atoms with E-state index in [1.165, 1.54) is 12.7 Å². The van der Waals surface area contributed by atoms with E-state index < -0.39 is 0 Å². The fourth-order valence-electron chi connectivity index (χ4n) is 1.23. The first-order valence-corrected chi connectivity index (χ1v) is 4.87. The summed E-state index contributed by atoms with van der Waals surface area (Å²) in [5.41, 5.74) is 1.22. The average molecular weight is 207 g/mol. The monoisotopic (exact) mass is 207 g/mol. The zero-order chi connectivity index (χ0) is 10.3. The van der Waals surface area contributed by atoms with Crippen LogP contribution in [0.2, 0.25) is 0 Å². The molecule has 0 atom stereocenters. The number of hydrogen-bond donors (Lipinski definition) is 2. The predicted octanol–water partition coefficient (Wildman–Crippen LogP) is -0.203. The minimum Gasteiger partial charge on any atom is -0.425 e. The Kier molecular flexibility index (Phi) is 3.58. The molecule has 15 heavy (non-hydrogen) atoms. The third kappa shape index (κ3) is 2.97. The topological polar surface area (TPSA) is 75.9 Å². The van der Waals surface area contributed by atoms with Crippen molar-refractivity contribution in [2.75, 3.05) is 26.2 Å². The van der Waals surface area contributed by atoms with Gasteiger partial charge in [-0.25, -0.2) is 9.97 Å². The molecule has 3 rings (SSSR count). The van der Waals surface area contributed by atoms with Gasteiger partial charge in [0.25, 0.3) is 0 Å². The molecule has 0 aromatic carbocycles. The van der Waals surface area contributed by atoms with E-state index in [1.54, 1.807) is 6.20 Å². The molecule has 2 N–H and O–H groups in total. The van der Waals surface area contributed by atoms with Crippen LogP contribution in [-0.2, 0) is 0 Å². The number of rotatable bonds is 0. The number of hydrogen-bond acceptors (Lipinski definition) is 6. The highest BCUT2D eigenvalue weighted by Crippen LogP contribution is 2.03. The van der Waals surface area contributed by atoms with Crippen LogP contribution < -0.4 is 10.6 Å². The molecule has 6 heteroatoms. The highest BCUT2D eigenvalue weighted by molar-refractivity contribution is 5.64. The number of nitrogens with one attached hydrogen (secondary N) is 2. The van der Waals surface area contributed by atoms with Crippen molar-refractivity contribution >= 4 is 11.2 Å². The first kappa shape index (κ1) is 10.0. The molecule has 0 amide bonds. The Balaban J connectivity index is 0.000000124. The van der Waals surface area contributed by atoms with Crippen LogP contribution in [0.4, 0.5) is 0 Å².